The number of hydrogen-bond donors (Lipinski definition) is 11. The largest absolute Gasteiger partial charge is 0.480 e. The van der Waals surface area contributed by atoms with Gasteiger partial charge >= 0.3 is 5.97 Å². The zero-order chi connectivity index (χ0) is 31.0. The number of carboxylic acid groups (broad SMARTS) is 1. The molecule has 0 saturated heterocycles. The van der Waals surface area contributed by atoms with Crippen molar-refractivity contribution in [3.63, 3.8) is 0 Å². The van der Waals surface area contributed by atoms with Gasteiger partial charge in [0.05, 0.1) is 13.2 Å². The Morgan fingerprint density at radius 1 is 0.850 bits per heavy atom. The first kappa shape index (κ1) is 36.0. The number of guanidine groups is 1. The van der Waals surface area contributed by atoms with Crippen molar-refractivity contribution >= 4 is 41.5 Å². The van der Waals surface area contributed by atoms with Gasteiger partial charge < -0.3 is 53.6 Å². The number of carbonyl (C=O) groups is 6. The molecule has 13 N–H and O–H groups in total. The molecule has 0 aromatic carbocycles. The van der Waals surface area contributed by atoms with E-state index < -0.39 is 84.8 Å². The molecule has 0 rings (SSSR count). The van der Waals surface area contributed by atoms with Crippen LogP contribution in [0.5, 0.6) is 0 Å². The van der Waals surface area contributed by atoms with Gasteiger partial charge in [-0.05, 0) is 32.6 Å². The molecule has 0 radical (unpaired) electrons. The van der Waals surface area contributed by atoms with Crippen LogP contribution in [0.1, 0.15) is 47.0 Å². The first-order valence-electron chi connectivity index (χ1n) is 12.8. The molecule has 0 aliphatic heterocycles. The van der Waals surface area contributed by atoms with Crippen LogP contribution in [0.15, 0.2) is 0 Å². The maximum atomic E-state index is 13.2. The molecule has 17 heteroatoms. The number of aliphatic carboxylic acids is 1. The highest BCUT2D eigenvalue weighted by atomic mass is 16.4. The van der Waals surface area contributed by atoms with Crippen molar-refractivity contribution in [2.75, 3.05) is 19.7 Å². The zero-order valence-electron chi connectivity index (χ0n) is 23.2. The molecule has 0 bridgehead atoms. The van der Waals surface area contributed by atoms with Crippen molar-refractivity contribution in [3.8, 4) is 0 Å². The summed E-state index contributed by atoms with van der Waals surface area (Å²) in [4.78, 5) is 73.6. The van der Waals surface area contributed by atoms with E-state index in [1.54, 1.807) is 13.8 Å². The molecule has 0 saturated carbocycles. The number of nitrogens with two attached hydrogens (primary N) is 2. The molecule has 17 nitrogen and oxygen atoms in total. The average Bonchev–Trinajstić information content (AvgIpc) is 2.90. The smallest absolute Gasteiger partial charge is 0.325 e. The predicted molar refractivity (Wildman–Crippen MR) is 143 cm³/mol. The lowest BCUT2D eigenvalue weighted by molar-refractivity contribution is -0.141. The van der Waals surface area contributed by atoms with Gasteiger partial charge in [0.15, 0.2) is 5.96 Å². The number of rotatable bonds is 18. The highest BCUT2D eigenvalue weighted by Gasteiger charge is 2.31. The summed E-state index contributed by atoms with van der Waals surface area (Å²) in [7, 11) is 0. The van der Waals surface area contributed by atoms with Crippen LogP contribution in [0.3, 0.4) is 0 Å². The second-order valence-electron chi connectivity index (χ2n) is 9.28. The Bertz CT molecular complexity index is 917. The summed E-state index contributed by atoms with van der Waals surface area (Å²) in [5.41, 5.74) is 10.7. The molecule has 0 heterocycles. The molecule has 5 amide bonds. The molecule has 0 aromatic heterocycles. The molecule has 228 valence electrons. The third-order valence-electron chi connectivity index (χ3n) is 5.87. The Hall–Kier alpha value is -3.99. The number of hydrogen-bond acceptors (Lipinski definition) is 9. The fourth-order valence-electron chi connectivity index (χ4n) is 3.15. The van der Waals surface area contributed by atoms with Crippen molar-refractivity contribution in [1.82, 2.24) is 31.9 Å². The van der Waals surface area contributed by atoms with Crippen LogP contribution in [0, 0.1) is 11.3 Å². The number of amides is 5. The van der Waals surface area contributed by atoms with E-state index in [1.165, 1.54) is 13.8 Å². The molecule has 0 unspecified atom stereocenters. The molecule has 0 aromatic rings. The Morgan fingerprint density at radius 3 is 2.00 bits per heavy atom. The van der Waals surface area contributed by atoms with Crippen LogP contribution in [0.4, 0.5) is 0 Å². The summed E-state index contributed by atoms with van der Waals surface area (Å²) in [6.07, 6.45) is 0.822. The molecule has 0 spiro atoms. The van der Waals surface area contributed by atoms with Gasteiger partial charge in [0.25, 0.3) is 0 Å². The Morgan fingerprint density at radius 2 is 1.48 bits per heavy atom. The maximum Gasteiger partial charge on any atom is 0.325 e. The average molecular weight is 574 g/mol. The molecular formula is C23H43N9O8. The van der Waals surface area contributed by atoms with Gasteiger partial charge in [0.2, 0.25) is 29.5 Å². The molecule has 0 aliphatic rings. The molecule has 0 aliphatic carbocycles. The third-order valence-corrected chi connectivity index (χ3v) is 5.87. The van der Waals surface area contributed by atoms with Crippen LogP contribution in [0.25, 0.3) is 0 Å². The molecule has 6 atom stereocenters. The van der Waals surface area contributed by atoms with E-state index in [0.717, 1.165) is 0 Å². The highest BCUT2D eigenvalue weighted by molar-refractivity contribution is 5.95. The van der Waals surface area contributed by atoms with E-state index in [-0.39, 0.29) is 25.3 Å². The fraction of sp³-hybridized carbons (Fsp3) is 0.696. The van der Waals surface area contributed by atoms with Gasteiger partial charge in [-0.3, -0.25) is 34.2 Å². The summed E-state index contributed by atoms with van der Waals surface area (Å²) in [6.45, 7) is 5.16. The third kappa shape index (κ3) is 13.7. The summed E-state index contributed by atoms with van der Waals surface area (Å²) >= 11 is 0. The van der Waals surface area contributed by atoms with Crippen LogP contribution in [-0.2, 0) is 28.8 Å². The fourth-order valence-corrected chi connectivity index (χ4v) is 3.15. The lowest BCUT2D eigenvalue weighted by Crippen LogP contribution is -2.59. The van der Waals surface area contributed by atoms with E-state index in [9.17, 15) is 28.8 Å². The normalized spacial score (nSPS) is 15.2. The van der Waals surface area contributed by atoms with Crippen molar-refractivity contribution in [2.45, 2.75) is 77.2 Å². The van der Waals surface area contributed by atoms with Gasteiger partial charge in [-0.1, -0.05) is 20.3 Å². The van der Waals surface area contributed by atoms with E-state index in [1.807, 2.05) is 0 Å². The minimum absolute atomic E-state index is 0.0671. The van der Waals surface area contributed by atoms with Crippen molar-refractivity contribution in [3.05, 3.63) is 0 Å². The predicted octanol–water partition coefficient (Wildman–Crippen LogP) is -4.20. The lowest BCUT2D eigenvalue weighted by atomic mass is 9.97. The number of carbonyl (C=O) groups excluding carboxylic acids is 5. The topological polar surface area (TPSA) is 291 Å². The second-order valence-corrected chi connectivity index (χ2v) is 9.28. The van der Waals surface area contributed by atoms with Gasteiger partial charge in [0, 0.05) is 6.54 Å². The standard InChI is InChI=1S/C23H43N9O8/c1-5-11(2)17(32-18(35)12(3)30-19(36)14(24)10-33)21(38)31-15(7-6-8-27-23(25)26)20(37)28-9-16(34)29-13(4)22(39)40/h11-15,17,33H,5-10,24H2,1-4H3,(H,28,37)(H,29,34)(H,30,36)(H,31,38)(H,32,35)(H,39,40)(H4,25,26,27)/t11-,12-,13-,14-,15-,17-/m0/s1. The Balaban J connectivity index is 5.52. The minimum Gasteiger partial charge on any atom is -0.480 e. The van der Waals surface area contributed by atoms with Crippen LogP contribution in [-0.4, -0.2) is 102 Å². The molecule has 0 fully saturated rings. The minimum atomic E-state index is -1.26. The number of nitrogens with one attached hydrogen (secondary N) is 7. The van der Waals surface area contributed by atoms with Crippen LogP contribution in [0.2, 0.25) is 0 Å². The van der Waals surface area contributed by atoms with Gasteiger partial charge in [-0.2, -0.15) is 0 Å². The van der Waals surface area contributed by atoms with Gasteiger partial charge in [-0.25, -0.2) is 0 Å². The van der Waals surface area contributed by atoms with Crippen LogP contribution < -0.4 is 43.4 Å². The quantitative estimate of drug-likeness (QED) is 0.0424. The van der Waals surface area contributed by atoms with E-state index in [2.05, 4.69) is 31.9 Å². The number of carboxylic acids is 1. The summed E-state index contributed by atoms with van der Waals surface area (Å²) in [5, 5.41) is 39.7. The molecule has 40 heavy (non-hydrogen) atoms. The number of aliphatic hydroxyl groups excluding tert-OH is 1. The van der Waals surface area contributed by atoms with E-state index in [0.29, 0.717) is 6.42 Å². The van der Waals surface area contributed by atoms with E-state index >= 15 is 0 Å². The Labute approximate surface area is 232 Å². The van der Waals surface area contributed by atoms with Crippen molar-refractivity contribution in [1.29, 1.82) is 5.41 Å². The van der Waals surface area contributed by atoms with Gasteiger partial charge in [0.1, 0.15) is 30.2 Å². The summed E-state index contributed by atoms with van der Waals surface area (Å²) in [5.74, 6) is -5.58. The highest BCUT2D eigenvalue weighted by Crippen LogP contribution is 2.10. The summed E-state index contributed by atoms with van der Waals surface area (Å²) in [6, 6.07) is -5.75. The summed E-state index contributed by atoms with van der Waals surface area (Å²) < 4.78 is 0. The number of aliphatic hydroxyl groups is 1. The first-order chi connectivity index (χ1) is 18.6. The second kappa shape index (κ2) is 18.3. The van der Waals surface area contributed by atoms with Crippen molar-refractivity contribution < 1.29 is 39.0 Å². The van der Waals surface area contributed by atoms with Crippen LogP contribution >= 0.6 is 0 Å². The first-order valence-corrected chi connectivity index (χ1v) is 12.8. The monoisotopic (exact) mass is 573 g/mol. The Kier molecular flexibility index (Phi) is 16.5. The van der Waals surface area contributed by atoms with Crippen molar-refractivity contribution in [2.24, 2.45) is 17.4 Å². The zero-order valence-corrected chi connectivity index (χ0v) is 23.2. The molecular weight excluding hydrogens is 530 g/mol. The van der Waals surface area contributed by atoms with Gasteiger partial charge in [-0.15, -0.1) is 0 Å². The SMILES string of the molecule is CC[C@H](C)[C@H](NC(=O)[C@H](C)NC(=O)[C@@H](N)CO)C(=O)N[C@@H](CCCNC(=N)N)C(=O)NCC(=O)N[C@@H](C)C(=O)O. The maximum absolute atomic E-state index is 13.2. The van der Waals surface area contributed by atoms with E-state index in [4.69, 9.17) is 27.1 Å². The lowest BCUT2D eigenvalue weighted by Gasteiger charge is -2.28.